The summed E-state index contributed by atoms with van der Waals surface area (Å²) in [5.41, 5.74) is -7.21. The van der Waals surface area contributed by atoms with E-state index in [1.807, 2.05) is 0 Å². The van der Waals surface area contributed by atoms with Crippen molar-refractivity contribution >= 4 is 11.9 Å². The normalized spacial score (nSPS) is 34.2. The van der Waals surface area contributed by atoms with Crippen LogP contribution in [0, 0.1) is 0 Å². The van der Waals surface area contributed by atoms with Crippen LogP contribution in [-0.4, -0.2) is 71.2 Å². The van der Waals surface area contributed by atoms with Gasteiger partial charge in [-0.25, -0.2) is 9.59 Å². The van der Waals surface area contributed by atoms with Gasteiger partial charge in [-0.2, -0.15) is 39.5 Å². The second-order valence-electron chi connectivity index (χ2n) is 9.64. The molecule has 0 saturated carbocycles. The van der Waals surface area contributed by atoms with Crippen LogP contribution in [0.4, 0.5) is 39.5 Å². The highest BCUT2D eigenvalue weighted by molar-refractivity contribution is 5.87. The first-order chi connectivity index (χ1) is 17.3. The third-order valence-electron chi connectivity index (χ3n) is 5.96. The Kier molecular flexibility index (Phi) is 8.61. The molecule has 39 heavy (non-hydrogen) atoms. The fraction of sp³-hybridized carbons (Fsp3) is 0.727. The smallest absolute Gasteiger partial charge is 0.443 e. The first-order valence-corrected chi connectivity index (χ1v) is 11.0. The standard InChI is InChI=1S/C22H25F9O8/c1-11(2)14(32)38-16(5)6-7-35-19(9-16,22(29,30)31)37-13-8-17(20(23,24)25,39-15(33)12(3)4)10-18(34,36-13)21(26,27)28/h13,34H,1,3,6-10H2,2,4-5H3. The summed E-state index contributed by atoms with van der Waals surface area (Å²) < 4.78 is 149. The van der Waals surface area contributed by atoms with Crippen molar-refractivity contribution in [2.24, 2.45) is 0 Å². The van der Waals surface area contributed by atoms with Crippen molar-refractivity contribution in [1.29, 1.82) is 0 Å². The number of hydrogen-bond donors (Lipinski definition) is 1. The third-order valence-corrected chi connectivity index (χ3v) is 5.96. The zero-order chi connectivity index (χ0) is 30.5. The number of alkyl halides is 9. The second-order valence-corrected chi connectivity index (χ2v) is 9.64. The van der Waals surface area contributed by atoms with Crippen molar-refractivity contribution in [3.63, 3.8) is 0 Å². The molecule has 2 aliphatic rings. The summed E-state index contributed by atoms with van der Waals surface area (Å²) >= 11 is 0. The quantitative estimate of drug-likeness (QED) is 0.270. The van der Waals surface area contributed by atoms with E-state index < -0.39 is 91.0 Å². The van der Waals surface area contributed by atoms with Crippen LogP contribution in [-0.2, 0) is 33.3 Å². The Labute approximate surface area is 215 Å². The fourth-order valence-electron chi connectivity index (χ4n) is 3.88. The van der Waals surface area contributed by atoms with E-state index in [4.69, 9.17) is 9.47 Å². The fourth-order valence-corrected chi connectivity index (χ4v) is 3.88. The van der Waals surface area contributed by atoms with Crippen LogP contribution in [0.5, 0.6) is 0 Å². The molecule has 1 N–H and O–H groups in total. The zero-order valence-electron chi connectivity index (χ0n) is 20.7. The number of ether oxygens (including phenoxy) is 5. The number of hydrogen-bond acceptors (Lipinski definition) is 8. The van der Waals surface area contributed by atoms with Gasteiger partial charge in [-0.05, 0) is 20.8 Å². The number of esters is 2. The van der Waals surface area contributed by atoms with Crippen LogP contribution in [0.2, 0.25) is 0 Å². The molecule has 2 saturated heterocycles. The van der Waals surface area contributed by atoms with Gasteiger partial charge in [0.2, 0.25) is 5.60 Å². The Morgan fingerprint density at radius 3 is 1.82 bits per heavy atom. The van der Waals surface area contributed by atoms with Gasteiger partial charge in [0.15, 0.2) is 6.29 Å². The van der Waals surface area contributed by atoms with Gasteiger partial charge in [0, 0.05) is 24.0 Å². The lowest BCUT2D eigenvalue weighted by atomic mass is 9.85. The minimum atomic E-state index is -6.04. The van der Waals surface area contributed by atoms with E-state index in [1.54, 1.807) is 0 Å². The van der Waals surface area contributed by atoms with Gasteiger partial charge in [0.05, 0.1) is 19.4 Å². The van der Waals surface area contributed by atoms with Gasteiger partial charge in [0.25, 0.3) is 11.6 Å². The van der Waals surface area contributed by atoms with Gasteiger partial charge >= 0.3 is 30.5 Å². The molecule has 2 rings (SSSR count). The average Bonchev–Trinajstić information content (AvgIpc) is 2.70. The van der Waals surface area contributed by atoms with Gasteiger partial charge in [0.1, 0.15) is 5.60 Å². The largest absolute Gasteiger partial charge is 0.456 e. The lowest BCUT2D eigenvalue weighted by molar-refractivity contribution is -0.492. The van der Waals surface area contributed by atoms with Crippen LogP contribution in [0.15, 0.2) is 24.3 Å². The molecule has 0 aromatic rings. The number of carbonyl (C=O) groups is 2. The van der Waals surface area contributed by atoms with E-state index in [9.17, 15) is 54.2 Å². The van der Waals surface area contributed by atoms with E-state index in [0.717, 1.165) is 13.8 Å². The van der Waals surface area contributed by atoms with Crippen LogP contribution < -0.4 is 0 Å². The molecular formula is C22H25F9O8. The van der Waals surface area contributed by atoms with Gasteiger partial charge in [-0.15, -0.1) is 0 Å². The lowest BCUT2D eigenvalue weighted by Crippen LogP contribution is -2.68. The number of halogens is 9. The summed E-state index contributed by atoms with van der Waals surface area (Å²) in [5.74, 6) is -11.8. The van der Waals surface area contributed by atoms with Crippen molar-refractivity contribution in [2.75, 3.05) is 6.61 Å². The van der Waals surface area contributed by atoms with Crippen LogP contribution in [0.1, 0.15) is 46.5 Å². The first kappa shape index (κ1) is 32.8. The first-order valence-electron chi connectivity index (χ1n) is 11.0. The molecule has 17 heteroatoms. The molecule has 2 aliphatic heterocycles. The van der Waals surface area contributed by atoms with Crippen LogP contribution >= 0.6 is 0 Å². The highest BCUT2D eigenvalue weighted by atomic mass is 19.4. The van der Waals surface area contributed by atoms with E-state index in [-0.39, 0.29) is 12.0 Å². The van der Waals surface area contributed by atoms with Gasteiger partial charge < -0.3 is 28.8 Å². The molecule has 5 atom stereocenters. The molecule has 0 aliphatic carbocycles. The predicted octanol–water partition coefficient (Wildman–Crippen LogP) is 4.76. The summed E-state index contributed by atoms with van der Waals surface area (Å²) in [7, 11) is 0. The van der Waals surface area contributed by atoms with Crippen molar-refractivity contribution in [3.8, 4) is 0 Å². The lowest BCUT2D eigenvalue weighted by Gasteiger charge is -2.51. The van der Waals surface area contributed by atoms with Crippen LogP contribution in [0.3, 0.4) is 0 Å². The molecule has 0 radical (unpaired) electrons. The molecule has 0 aromatic carbocycles. The SMILES string of the molecule is C=C(C)C(=O)OC1(C)CCOC(OC2CC(OC(=O)C(=C)C)(C(F)(F)F)CC(O)(C(F)(F)F)O2)(C(F)(F)F)C1. The molecule has 0 amide bonds. The molecule has 224 valence electrons. The van der Waals surface area contributed by atoms with E-state index >= 15 is 0 Å². The van der Waals surface area contributed by atoms with Crippen molar-refractivity contribution in [2.45, 2.75) is 94.0 Å². The maximum atomic E-state index is 14.3. The predicted molar refractivity (Wildman–Crippen MR) is 109 cm³/mol. The molecule has 0 aromatic heterocycles. The summed E-state index contributed by atoms with van der Waals surface area (Å²) in [6.45, 7) is 8.45. The summed E-state index contributed by atoms with van der Waals surface area (Å²) in [6, 6.07) is 0. The molecule has 0 bridgehead atoms. The Bertz CT molecular complexity index is 1010. The summed E-state index contributed by atoms with van der Waals surface area (Å²) in [4.78, 5) is 23.9. The molecule has 2 fully saturated rings. The van der Waals surface area contributed by atoms with Gasteiger partial charge in [-0.3, -0.25) is 0 Å². The van der Waals surface area contributed by atoms with Crippen LogP contribution in [0.25, 0.3) is 0 Å². The van der Waals surface area contributed by atoms with E-state index in [2.05, 4.69) is 27.4 Å². The van der Waals surface area contributed by atoms with Crippen molar-refractivity contribution < 1.29 is 77.9 Å². The van der Waals surface area contributed by atoms with E-state index in [0.29, 0.717) is 0 Å². The highest BCUT2D eigenvalue weighted by Gasteiger charge is 2.74. The maximum Gasteiger partial charge on any atom is 0.443 e. The third kappa shape index (κ3) is 6.69. The number of carbonyl (C=O) groups excluding carboxylic acids is 2. The number of rotatable bonds is 6. The Balaban J connectivity index is 2.61. The maximum absolute atomic E-state index is 14.3. The minimum absolute atomic E-state index is 0.221. The van der Waals surface area contributed by atoms with E-state index in [1.165, 1.54) is 6.92 Å². The topological polar surface area (TPSA) is 101 Å². The molecule has 5 unspecified atom stereocenters. The molecule has 0 spiro atoms. The molecule has 8 nitrogen and oxygen atoms in total. The average molecular weight is 588 g/mol. The monoisotopic (exact) mass is 588 g/mol. The summed E-state index contributed by atoms with van der Waals surface area (Å²) in [6.07, 6.45) is -27.1. The molecular weight excluding hydrogens is 563 g/mol. The Morgan fingerprint density at radius 2 is 1.38 bits per heavy atom. The Morgan fingerprint density at radius 1 is 0.872 bits per heavy atom. The molecule has 2 heterocycles. The van der Waals surface area contributed by atoms with Crippen molar-refractivity contribution in [1.82, 2.24) is 0 Å². The minimum Gasteiger partial charge on any atom is -0.456 e. The van der Waals surface area contributed by atoms with Gasteiger partial charge in [-0.1, -0.05) is 13.2 Å². The summed E-state index contributed by atoms with van der Waals surface area (Å²) in [5, 5.41) is 10.1. The number of aliphatic hydroxyl groups is 1. The second kappa shape index (κ2) is 10.2. The van der Waals surface area contributed by atoms with Crippen molar-refractivity contribution in [3.05, 3.63) is 24.3 Å². The Hall–Kier alpha value is -2.37. The highest BCUT2D eigenvalue weighted by Crippen LogP contribution is 2.54. The zero-order valence-corrected chi connectivity index (χ0v) is 20.7.